The van der Waals surface area contributed by atoms with Crippen LogP contribution in [-0.4, -0.2) is 59.1 Å². The summed E-state index contributed by atoms with van der Waals surface area (Å²) in [5.74, 6) is 6.68. The molecule has 4 heterocycles. The van der Waals surface area contributed by atoms with Crippen LogP contribution in [0.25, 0.3) is 11.3 Å². The number of piperazine rings is 1. The zero-order valence-electron chi connectivity index (χ0n) is 20.7. The third-order valence-corrected chi connectivity index (χ3v) is 6.25. The molecule has 0 spiro atoms. The molecule has 1 aliphatic rings. The fourth-order valence-electron chi connectivity index (χ4n) is 4.25. The van der Waals surface area contributed by atoms with Crippen molar-refractivity contribution in [1.82, 2.24) is 19.9 Å². The van der Waals surface area contributed by atoms with E-state index in [2.05, 4.69) is 37.7 Å². The molecular weight excluding hydrogens is 462 g/mol. The fraction of sp³-hybridized carbons (Fsp3) is 0.200. The van der Waals surface area contributed by atoms with E-state index in [-0.39, 0.29) is 5.97 Å². The van der Waals surface area contributed by atoms with Crippen molar-refractivity contribution < 1.29 is 9.53 Å². The van der Waals surface area contributed by atoms with Crippen LogP contribution in [0.3, 0.4) is 0 Å². The molecule has 0 bridgehead atoms. The van der Waals surface area contributed by atoms with Crippen molar-refractivity contribution in [2.75, 3.05) is 38.2 Å². The van der Waals surface area contributed by atoms with E-state index >= 15 is 0 Å². The van der Waals surface area contributed by atoms with Crippen LogP contribution in [0.2, 0.25) is 0 Å². The topological polar surface area (TPSA) is 71.5 Å². The van der Waals surface area contributed by atoms with Gasteiger partial charge in [0.2, 0.25) is 0 Å². The number of anilines is 1. The first kappa shape index (κ1) is 24.2. The second-order valence-corrected chi connectivity index (χ2v) is 8.78. The molecule has 0 saturated carbocycles. The molecular formula is C30H27N5O2. The highest BCUT2D eigenvalue weighted by molar-refractivity contribution is 5.91. The Labute approximate surface area is 216 Å². The van der Waals surface area contributed by atoms with Gasteiger partial charge >= 0.3 is 5.97 Å². The number of aromatic nitrogens is 3. The second kappa shape index (κ2) is 11.5. The lowest BCUT2D eigenvalue weighted by Crippen LogP contribution is -2.46. The van der Waals surface area contributed by atoms with E-state index in [0.717, 1.165) is 60.9 Å². The third kappa shape index (κ3) is 6.18. The maximum atomic E-state index is 12.5. The van der Waals surface area contributed by atoms with Crippen LogP contribution in [0.4, 0.5) is 5.82 Å². The van der Waals surface area contributed by atoms with Crippen LogP contribution in [0.1, 0.15) is 27.0 Å². The van der Waals surface area contributed by atoms with Gasteiger partial charge < -0.3 is 9.64 Å². The lowest BCUT2D eigenvalue weighted by atomic mass is 10.1. The molecule has 4 aromatic rings. The molecule has 1 aromatic carbocycles. The number of nitrogens with zero attached hydrogens (tertiary/aromatic N) is 5. The number of carbonyl (C=O) groups excluding carboxylic acids is 1. The fourth-order valence-corrected chi connectivity index (χ4v) is 4.25. The van der Waals surface area contributed by atoms with E-state index < -0.39 is 0 Å². The largest absolute Gasteiger partial charge is 0.465 e. The molecule has 0 unspecified atom stereocenters. The number of methoxy groups -OCH3 is 1. The van der Waals surface area contributed by atoms with Crippen molar-refractivity contribution in [3.05, 3.63) is 108 Å². The van der Waals surface area contributed by atoms with E-state index in [1.54, 1.807) is 24.7 Å². The highest BCUT2D eigenvalue weighted by Gasteiger charge is 2.21. The summed E-state index contributed by atoms with van der Waals surface area (Å²) in [5, 5.41) is 0. The molecule has 37 heavy (non-hydrogen) atoms. The average Bonchev–Trinajstić information content (AvgIpc) is 2.97. The SMILES string of the molecule is COC(=O)c1cc(-c2ccc(C#Cc3cccnc3)cc2)nc(N2CCN(Cc3cccnc3)CC2)c1. The smallest absolute Gasteiger partial charge is 0.338 e. The molecule has 3 aromatic heterocycles. The summed E-state index contributed by atoms with van der Waals surface area (Å²) < 4.78 is 5.02. The Morgan fingerprint density at radius 3 is 2.30 bits per heavy atom. The summed E-state index contributed by atoms with van der Waals surface area (Å²) in [6.07, 6.45) is 7.17. The number of hydrogen-bond acceptors (Lipinski definition) is 7. The molecule has 184 valence electrons. The Balaban J connectivity index is 1.34. The minimum atomic E-state index is -0.376. The minimum absolute atomic E-state index is 0.376. The van der Waals surface area contributed by atoms with E-state index in [1.165, 1.54) is 12.7 Å². The van der Waals surface area contributed by atoms with Crippen LogP contribution in [0.15, 0.2) is 85.5 Å². The van der Waals surface area contributed by atoms with Crippen LogP contribution in [0.5, 0.6) is 0 Å². The van der Waals surface area contributed by atoms with Gasteiger partial charge in [0.15, 0.2) is 0 Å². The molecule has 0 radical (unpaired) electrons. The number of carbonyl (C=O) groups is 1. The monoisotopic (exact) mass is 489 g/mol. The molecule has 0 amide bonds. The van der Waals surface area contributed by atoms with Crippen molar-refractivity contribution in [2.24, 2.45) is 0 Å². The maximum absolute atomic E-state index is 12.5. The molecule has 5 rings (SSSR count). The van der Waals surface area contributed by atoms with Crippen LogP contribution >= 0.6 is 0 Å². The first-order valence-electron chi connectivity index (χ1n) is 12.2. The minimum Gasteiger partial charge on any atom is -0.465 e. The summed E-state index contributed by atoms with van der Waals surface area (Å²) in [6.45, 7) is 4.32. The average molecular weight is 490 g/mol. The van der Waals surface area contributed by atoms with E-state index in [0.29, 0.717) is 5.56 Å². The van der Waals surface area contributed by atoms with E-state index in [9.17, 15) is 4.79 Å². The molecule has 0 N–H and O–H groups in total. The molecule has 1 saturated heterocycles. The predicted molar refractivity (Wildman–Crippen MR) is 143 cm³/mol. The van der Waals surface area contributed by atoms with Crippen molar-refractivity contribution in [3.63, 3.8) is 0 Å². The highest BCUT2D eigenvalue weighted by atomic mass is 16.5. The van der Waals surface area contributed by atoms with Gasteiger partial charge in [0, 0.05) is 74.2 Å². The zero-order chi connectivity index (χ0) is 25.5. The van der Waals surface area contributed by atoms with E-state index in [1.807, 2.05) is 54.7 Å². The number of benzene rings is 1. The summed E-state index contributed by atoms with van der Waals surface area (Å²) in [4.78, 5) is 30.3. The predicted octanol–water partition coefficient (Wildman–Crippen LogP) is 4.05. The Bertz CT molecular complexity index is 1410. The van der Waals surface area contributed by atoms with Crippen LogP contribution in [0, 0.1) is 11.8 Å². The Morgan fingerprint density at radius 1 is 0.892 bits per heavy atom. The van der Waals surface area contributed by atoms with Crippen molar-refractivity contribution >= 4 is 11.8 Å². The quantitative estimate of drug-likeness (QED) is 0.309. The summed E-state index contributed by atoms with van der Waals surface area (Å²) >= 11 is 0. The van der Waals surface area contributed by atoms with Gasteiger partial charge in [0.25, 0.3) is 0 Å². The summed E-state index contributed by atoms with van der Waals surface area (Å²) in [5.41, 5.74) is 5.08. The summed E-state index contributed by atoms with van der Waals surface area (Å²) in [7, 11) is 1.40. The molecule has 7 nitrogen and oxygen atoms in total. The lowest BCUT2D eigenvalue weighted by molar-refractivity contribution is 0.0600. The van der Waals surface area contributed by atoms with Crippen LogP contribution in [-0.2, 0) is 11.3 Å². The first-order chi connectivity index (χ1) is 18.2. The van der Waals surface area contributed by atoms with E-state index in [4.69, 9.17) is 9.72 Å². The first-order valence-corrected chi connectivity index (χ1v) is 12.2. The highest BCUT2D eigenvalue weighted by Crippen LogP contribution is 2.25. The molecule has 7 heteroatoms. The van der Waals surface area contributed by atoms with Gasteiger partial charge in [-0.1, -0.05) is 30.0 Å². The Hall–Kier alpha value is -4.54. The molecule has 1 aliphatic heterocycles. The number of esters is 1. The number of ether oxygens (including phenoxy) is 1. The normalized spacial score (nSPS) is 13.5. The molecule has 1 fully saturated rings. The van der Waals surface area contributed by atoms with Gasteiger partial charge in [-0.05, 0) is 48.0 Å². The van der Waals surface area contributed by atoms with Crippen molar-refractivity contribution in [2.45, 2.75) is 6.54 Å². The summed E-state index contributed by atoms with van der Waals surface area (Å²) in [6, 6.07) is 19.3. The lowest BCUT2D eigenvalue weighted by Gasteiger charge is -2.35. The van der Waals surface area contributed by atoms with Gasteiger partial charge in [-0.25, -0.2) is 9.78 Å². The van der Waals surface area contributed by atoms with Gasteiger partial charge in [0.05, 0.1) is 18.4 Å². The Morgan fingerprint density at radius 2 is 1.62 bits per heavy atom. The third-order valence-electron chi connectivity index (χ3n) is 6.25. The second-order valence-electron chi connectivity index (χ2n) is 8.78. The van der Waals surface area contributed by atoms with Gasteiger partial charge in [-0.2, -0.15) is 0 Å². The van der Waals surface area contributed by atoms with Gasteiger partial charge in [-0.15, -0.1) is 0 Å². The van der Waals surface area contributed by atoms with Crippen molar-refractivity contribution in [3.8, 4) is 23.1 Å². The maximum Gasteiger partial charge on any atom is 0.338 e. The standard InChI is InChI=1S/C30H27N5O2/c1-37-30(36)27-18-28(26-10-8-23(9-11-26)6-7-24-4-2-12-31-20-24)33-29(19-27)35-16-14-34(15-17-35)22-25-5-3-13-32-21-25/h2-5,8-13,18-21H,14-17,22H2,1H3. The molecule has 0 aliphatic carbocycles. The zero-order valence-corrected chi connectivity index (χ0v) is 20.7. The number of hydrogen-bond donors (Lipinski definition) is 0. The van der Waals surface area contributed by atoms with Crippen LogP contribution < -0.4 is 4.90 Å². The number of pyridine rings is 3. The molecule has 0 atom stereocenters. The van der Waals surface area contributed by atoms with Gasteiger partial charge in [-0.3, -0.25) is 14.9 Å². The Kier molecular flexibility index (Phi) is 7.49. The van der Waals surface area contributed by atoms with Gasteiger partial charge in [0.1, 0.15) is 5.82 Å². The van der Waals surface area contributed by atoms with Crippen molar-refractivity contribution in [1.29, 1.82) is 0 Å². The number of rotatable bonds is 5.